The minimum absolute atomic E-state index is 0.0772. The lowest BCUT2D eigenvalue weighted by molar-refractivity contribution is -0.142. The van der Waals surface area contributed by atoms with Crippen LogP contribution >= 0.6 is 0 Å². The number of carbonyl (C=O) groups excluding carboxylic acids is 1. The van der Waals surface area contributed by atoms with Crippen molar-refractivity contribution in [1.82, 2.24) is 24.3 Å². The van der Waals surface area contributed by atoms with E-state index in [4.69, 9.17) is 14.5 Å². The minimum Gasteiger partial charge on any atom is -0.461 e. The monoisotopic (exact) mass is 583 g/mol. The van der Waals surface area contributed by atoms with Gasteiger partial charge in [0.1, 0.15) is 18.1 Å². The molecule has 0 unspecified atom stereocenters. The lowest BCUT2D eigenvalue weighted by atomic mass is 9.90. The van der Waals surface area contributed by atoms with Crippen molar-refractivity contribution in [3.8, 4) is 11.1 Å². The number of carbonyl (C=O) groups is 1. The average Bonchev–Trinajstić information content (AvgIpc) is 3.60. The maximum Gasteiger partial charge on any atom is 0.302 e. The SMILES string of the molecule is CC(=O)OCc1c(-c2cc(Nc3cc(C4COC4)[nH]n3)c(=O)n(C)c2)ccnc1N1CCn2c(cc3c2CC(C)(C)C3)C1. The van der Waals surface area contributed by atoms with Gasteiger partial charge in [-0.3, -0.25) is 14.7 Å². The van der Waals surface area contributed by atoms with Gasteiger partial charge in [0.05, 0.1) is 19.8 Å². The van der Waals surface area contributed by atoms with E-state index >= 15 is 0 Å². The molecule has 0 atom stereocenters. The fraction of sp³-hybridized carbons (Fsp3) is 0.438. The van der Waals surface area contributed by atoms with Gasteiger partial charge >= 0.3 is 5.97 Å². The third-order valence-electron chi connectivity index (χ3n) is 8.83. The molecule has 1 fully saturated rings. The molecule has 224 valence electrons. The van der Waals surface area contributed by atoms with Gasteiger partial charge in [0.2, 0.25) is 0 Å². The molecule has 4 aromatic rings. The number of hydrogen-bond donors (Lipinski definition) is 2. The van der Waals surface area contributed by atoms with Gasteiger partial charge in [-0.2, -0.15) is 5.10 Å². The first-order valence-electron chi connectivity index (χ1n) is 14.8. The Kier molecular flexibility index (Phi) is 6.65. The average molecular weight is 584 g/mol. The van der Waals surface area contributed by atoms with Crippen LogP contribution in [0, 0.1) is 5.41 Å². The van der Waals surface area contributed by atoms with E-state index in [0.717, 1.165) is 60.7 Å². The number of nitrogens with one attached hydrogen (secondary N) is 2. The smallest absolute Gasteiger partial charge is 0.302 e. The van der Waals surface area contributed by atoms with Gasteiger partial charge in [0.25, 0.3) is 5.56 Å². The molecule has 3 aliphatic rings. The van der Waals surface area contributed by atoms with Gasteiger partial charge in [-0.05, 0) is 47.6 Å². The van der Waals surface area contributed by atoms with Crippen LogP contribution in [0.5, 0.6) is 0 Å². The molecule has 0 radical (unpaired) electrons. The molecular formula is C32H37N7O4. The van der Waals surface area contributed by atoms with Crippen molar-refractivity contribution in [2.45, 2.75) is 59.2 Å². The quantitative estimate of drug-likeness (QED) is 0.313. The molecule has 1 saturated heterocycles. The molecule has 0 spiro atoms. The fourth-order valence-corrected chi connectivity index (χ4v) is 6.64. The van der Waals surface area contributed by atoms with Crippen LogP contribution < -0.4 is 15.8 Å². The van der Waals surface area contributed by atoms with Gasteiger partial charge in [0.15, 0.2) is 5.82 Å². The summed E-state index contributed by atoms with van der Waals surface area (Å²) in [5.41, 5.74) is 8.19. The molecule has 0 saturated carbocycles. The van der Waals surface area contributed by atoms with Gasteiger partial charge < -0.3 is 28.8 Å². The molecule has 11 nitrogen and oxygen atoms in total. The Morgan fingerprint density at radius 2 is 2.05 bits per heavy atom. The van der Waals surface area contributed by atoms with E-state index in [0.29, 0.717) is 36.1 Å². The van der Waals surface area contributed by atoms with Crippen molar-refractivity contribution >= 4 is 23.3 Å². The van der Waals surface area contributed by atoms with E-state index in [1.165, 1.54) is 23.9 Å². The van der Waals surface area contributed by atoms with Crippen molar-refractivity contribution in [1.29, 1.82) is 0 Å². The maximum atomic E-state index is 13.1. The van der Waals surface area contributed by atoms with Crippen LogP contribution in [-0.2, 0) is 53.9 Å². The number of hydrogen-bond acceptors (Lipinski definition) is 8. The van der Waals surface area contributed by atoms with Crippen LogP contribution in [0.2, 0.25) is 0 Å². The second kappa shape index (κ2) is 10.4. The molecule has 6 heterocycles. The van der Waals surface area contributed by atoms with Crippen LogP contribution in [0.25, 0.3) is 11.1 Å². The Labute approximate surface area is 249 Å². The molecule has 11 heteroatoms. The Balaban J connectivity index is 1.23. The van der Waals surface area contributed by atoms with Crippen molar-refractivity contribution in [2.75, 3.05) is 30.0 Å². The lowest BCUT2D eigenvalue weighted by Crippen LogP contribution is -2.35. The van der Waals surface area contributed by atoms with Gasteiger partial charge in [-0.15, -0.1) is 0 Å². The van der Waals surface area contributed by atoms with Crippen molar-refractivity contribution in [3.05, 3.63) is 75.2 Å². The highest BCUT2D eigenvalue weighted by Crippen LogP contribution is 2.40. The molecule has 1 aliphatic carbocycles. The zero-order valence-electron chi connectivity index (χ0n) is 25.1. The predicted octanol–water partition coefficient (Wildman–Crippen LogP) is 4.04. The molecule has 0 bridgehead atoms. The largest absolute Gasteiger partial charge is 0.461 e. The highest BCUT2D eigenvalue weighted by molar-refractivity contribution is 5.76. The summed E-state index contributed by atoms with van der Waals surface area (Å²) >= 11 is 0. The number of aromatic amines is 1. The molecule has 0 amide bonds. The zero-order chi connectivity index (χ0) is 29.9. The second-order valence-electron chi connectivity index (χ2n) is 12.8. The molecule has 7 rings (SSSR count). The first-order chi connectivity index (χ1) is 20.6. The van der Waals surface area contributed by atoms with Crippen LogP contribution in [0.4, 0.5) is 17.3 Å². The molecule has 4 aromatic heterocycles. The van der Waals surface area contributed by atoms with Gasteiger partial charge in [-0.1, -0.05) is 13.8 Å². The topological polar surface area (TPSA) is 119 Å². The van der Waals surface area contributed by atoms with Crippen LogP contribution in [0.1, 0.15) is 54.9 Å². The zero-order valence-corrected chi connectivity index (χ0v) is 25.1. The molecule has 0 aromatic carbocycles. The maximum absolute atomic E-state index is 13.1. The minimum atomic E-state index is -0.360. The highest BCUT2D eigenvalue weighted by Gasteiger charge is 2.34. The predicted molar refractivity (Wildman–Crippen MR) is 162 cm³/mol. The number of rotatable bonds is 7. The van der Waals surface area contributed by atoms with Crippen LogP contribution in [-0.4, -0.2) is 50.0 Å². The number of fused-ring (bicyclic) bond motifs is 3. The number of aromatic nitrogens is 5. The van der Waals surface area contributed by atoms with E-state index in [1.807, 2.05) is 18.2 Å². The lowest BCUT2D eigenvalue weighted by Gasteiger charge is -2.33. The van der Waals surface area contributed by atoms with E-state index in [1.54, 1.807) is 24.0 Å². The first kappa shape index (κ1) is 27.5. The summed E-state index contributed by atoms with van der Waals surface area (Å²) in [6.45, 7) is 9.90. The Hall–Kier alpha value is -4.38. The number of anilines is 3. The second-order valence-corrected chi connectivity index (χ2v) is 12.8. The Morgan fingerprint density at radius 3 is 2.81 bits per heavy atom. The highest BCUT2D eigenvalue weighted by atomic mass is 16.5. The first-order valence-corrected chi connectivity index (χ1v) is 14.8. The molecule has 2 N–H and O–H groups in total. The number of esters is 1. The van der Waals surface area contributed by atoms with E-state index < -0.39 is 0 Å². The summed E-state index contributed by atoms with van der Waals surface area (Å²) in [6, 6.07) is 8.01. The normalized spacial score (nSPS) is 17.3. The van der Waals surface area contributed by atoms with Crippen LogP contribution in [0.15, 0.2) is 41.5 Å². The Morgan fingerprint density at radius 1 is 1.21 bits per heavy atom. The van der Waals surface area contributed by atoms with Crippen LogP contribution in [0.3, 0.4) is 0 Å². The Bertz CT molecular complexity index is 1780. The van der Waals surface area contributed by atoms with E-state index in [-0.39, 0.29) is 18.1 Å². The number of pyridine rings is 2. The number of H-pyrrole nitrogens is 1. The summed E-state index contributed by atoms with van der Waals surface area (Å²) < 4.78 is 14.9. The van der Waals surface area contributed by atoms with Crippen molar-refractivity contribution in [2.24, 2.45) is 12.5 Å². The van der Waals surface area contributed by atoms with Crippen molar-refractivity contribution < 1.29 is 14.3 Å². The molecule has 2 aliphatic heterocycles. The summed E-state index contributed by atoms with van der Waals surface area (Å²) in [7, 11) is 1.73. The fourth-order valence-electron chi connectivity index (χ4n) is 6.64. The van der Waals surface area contributed by atoms with E-state index in [2.05, 4.69) is 44.9 Å². The third kappa shape index (κ3) is 5.11. The summed E-state index contributed by atoms with van der Waals surface area (Å²) in [5.74, 6) is 1.29. The van der Waals surface area contributed by atoms with E-state index in [9.17, 15) is 9.59 Å². The van der Waals surface area contributed by atoms with Crippen molar-refractivity contribution in [3.63, 3.8) is 0 Å². The summed E-state index contributed by atoms with van der Waals surface area (Å²) in [6.07, 6.45) is 5.80. The molecule has 43 heavy (non-hydrogen) atoms. The summed E-state index contributed by atoms with van der Waals surface area (Å²) in [5, 5.41) is 10.6. The third-order valence-corrected chi connectivity index (χ3v) is 8.83. The van der Waals surface area contributed by atoms with Gasteiger partial charge in [0, 0.05) is 79.6 Å². The summed E-state index contributed by atoms with van der Waals surface area (Å²) in [4.78, 5) is 32.2. The standard InChI is InChI=1S/C32H37N7O4/c1-19(40)43-18-25-24(21-10-27(31(41)37(4)14-21)34-29-11-26(35-36-29)22-16-42-17-22)5-6-33-30(25)38-7-8-39-23(15-38)9-20-12-32(2,3)13-28(20)39/h5-6,9-11,14,22H,7-8,12-13,15-18H2,1-4H3,(H2,34,35,36). The number of nitrogens with zero attached hydrogens (tertiary/aromatic N) is 5. The number of aryl methyl sites for hydroxylation is 1. The van der Waals surface area contributed by atoms with Gasteiger partial charge in [-0.25, -0.2) is 4.98 Å². The molecular weight excluding hydrogens is 546 g/mol. The number of ether oxygens (including phenoxy) is 2.